The molecule has 3 rings (SSSR count). The highest BCUT2D eigenvalue weighted by Gasteiger charge is 2.64. The largest absolute Gasteiger partial charge is 0.490 e. The van der Waals surface area contributed by atoms with Gasteiger partial charge < -0.3 is 35.2 Å². The monoisotopic (exact) mass is 543 g/mol. The number of hydrogen-bond acceptors (Lipinski definition) is 12. The summed E-state index contributed by atoms with van der Waals surface area (Å²) in [6.07, 6.45) is -0.138. The summed E-state index contributed by atoms with van der Waals surface area (Å²) < 4.78 is 53.2. The molecule has 188 valence electrons. The van der Waals surface area contributed by atoms with Crippen LogP contribution in [0, 0.1) is 17.2 Å². The molecule has 0 radical (unpaired) electrons. The number of phosphoric ester groups is 1. The van der Waals surface area contributed by atoms with Gasteiger partial charge in [-0.15, -0.1) is 0 Å². The minimum atomic E-state index is -5.71. The van der Waals surface area contributed by atoms with Crippen LogP contribution in [0.15, 0.2) is 18.5 Å². The zero-order chi connectivity index (χ0) is 25.7. The molecule has 0 bridgehead atoms. The van der Waals surface area contributed by atoms with Crippen LogP contribution in [-0.4, -0.2) is 57.6 Å². The molecule has 2 aromatic rings. The van der Waals surface area contributed by atoms with E-state index in [0.29, 0.717) is 5.52 Å². The van der Waals surface area contributed by atoms with E-state index in [9.17, 15) is 33.9 Å². The Morgan fingerprint density at radius 3 is 2.47 bits per heavy atom. The fourth-order valence-electron chi connectivity index (χ4n) is 3.52. The van der Waals surface area contributed by atoms with Crippen molar-refractivity contribution in [2.75, 3.05) is 12.3 Å². The minimum Gasteiger partial charge on any atom is -0.385 e. The number of fused-ring (bicyclic) bond motifs is 1. The van der Waals surface area contributed by atoms with Crippen LogP contribution in [0.5, 0.6) is 0 Å². The third-order valence-corrected chi connectivity index (χ3v) is 9.11. The molecule has 3 heterocycles. The zero-order valence-corrected chi connectivity index (χ0v) is 20.1. The highest BCUT2D eigenvalue weighted by Crippen LogP contribution is 2.66. The van der Waals surface area contributed by atoms with Crippen LogP contribution in [-0.2, 0) is 37.2 Å². The number of aromatic nitrogens is 3. The summed E-state index contributed by atoms with van der Waals surface area (Å²) in [5.74, 6) is -0.853. The van der Waals surface area contributed by atoms with E-state index in [2.05, 4.69) is 23.2 Å². The van der Waals surface area contributed by atoms with E-state index < -0.39 is 53.3 Å². The molecule has 2 aromatic heterocycles. The Morgan fingerprint density at radius 2 is 1.88 bits per heavy atom. The Morgan fingerprint density at radius 1 is 1.24 bits per heavy atom. The molecule has 17 nitrogen and oxygen atoms in total. The van der Waals surface area contributed by atoms with Crippen molar-refractivity contribution < 1.29 is 56.3 Å². The molecule has 0 saturated carbocycles. The third-order valence-electron chi connectivity index (χ3n) is 5.30. The van der Waals surface area contributed by atoms with Crippen molar-refractivity contribution in [2.45, 2.75) is 31.2 Å². The smallest absolute Gasteiger partial charge is 0.385 e. The predicted molar refractivity (Wildman–Crippen MR) is 109 cm³/mol. The lowest BCUT2D eigenvalue weighted by molar-refractivity contribution is -0.103. The number of anilines is 1. The number of nitrogens with two attached hydrogens (primary N) is 1. The molecular formula is C14H20N5O12P3. The number of rotatable bonds is 8. The maximum absolute atomic E-state index is 12.0. The Balaban J connectivity index is 1.86. The first-order valence-corrected chi connectivity index (χ1v) is 13.7. The standard InChI is InChI=1S/C14H20N5O12P3/c1-8-10(5-28-33(24,25)31-34(26,27)30-32(21,22)23)29-14(6-15,13(8,2)20)11-4-3-9-12(16)17-7-18-19(9)11/h3-4,7-8,10,20H,5H2,1-2H3,(H,24,25)(H,26,27)(H2,16,17,18)(H2,21,22,23)/t8-,10-,13-,14+/m1/s1. The Hall–Kier alpha value is -1.76. The van der Waals surface area contributed by atoms with Crippen LogP contribution in [0.4, 0.5) is 5.82 Å². The number of phosphoric acid groups is 3. The van der Waals surface area contributed by atoms with E-state index in [0.717, 1.165) is 6.33 Å². The number of hydrogen-bond donors (Lipinski definition) is 6. The highest BCUT2D eigenvalue weighted by molar-refractivity contribution is 7.66. The molecule has 1 aliphatic rings. The van der Waals surface area contributed by atoms with Gasteiger partial charge in [0, 0.05) is 5.92 Å². The summed E-state index contributed by atoms with van der Waals surface area (Å²) in [6, 6.07) is 4.82. The summed E-state index contributed by atoms with van der Waals surface area (Å²) in [7, 11) is -16.7. The number of aliphatic hydroxyl groups is 1. The molecule has 2 unspecified atom stereocenters. The number of ether oxygens (including phenoxy) is 1. The molecule has 1 fully saturated rings. The van der Waals surface area contributed by atoms with Gasteiger partial charge in [-0.25, -0.2) is 23.2 Å². The van der Waals surface area contributed by atoms with Gasteiger partial charge in [0.1, 0.15) is 23.5 Å². The van der Waals surface area contributed by atoms with Gasteiger partial charge in [-0.2, -0.15) is 19.0 Å². The average molecular weight is 543 g/mol. The maximum atomic E-state index is 12.0. The first-order chi connectivity index (χ1) is 15.4. The molecular weight excluding hydrogens is 523 g/mol. The molecule has 0 amide bonds. The SMILES string of the molecule is C[C@@H]1[C@@H](COP(=O)(O)OP(=O)(O)OP(=O)(O)O)O[C@@](C#N)(c2ccc3c(N)ncnn23)[C@]1(C)O. The van der Waals surface area contributed by atoms with Gasteiger partial charge in [-0.3, -0.25) is 4.52 Å². The van der Waals surface area contributed by atoms with E-state index in [1.165, 1.54) is 30.5 Å². The van der Waals surface area contributed by atoms with Crippen LogP contribution in [0.3, 0.4) is 0 Å². The van der Waals surface area contributed by atoms with Gasteiger partial charge in [0.25, 0.3) is 0 Å². The fourth-order valence-corrected chi connectivity index (χ4v) is 6.55. The van der Waals surface area contributed by atoms with E-state index in [-0.39, 0.29) is 11.5 Å². The van der Waals surface area contributed by atoms with E-state index in [1.54, 1.807) is 0 Å². The third kappa shape index (κ3) is 4.95. The first-order valence-electron chi connectivity index (χ1n) is 9.13. The average Bonchev–Trinajstić information content (AvgIpc) is 3.17. The van der Waals surface area contributed by atoms with Crippen LogP contribution in [0.1, 0.15) is 19.5 Å². The maximum Gasteiger partial charge on any atom is 0.490 e. The highest BCUT2D eigenvalue weighted by atomic mass is 31.3. The second-order valence-corrected chi connectivity index (χ2v) is 11.9. The predicted octanol–water partition coefficient (Wildman–Crippen LogP) is 0.160. The summed E-state index contributed by atoms with van der Waals surface area (Å²) >= 11 is 0. The van der Waals surface area contributed by atoms with E-state index >= 15 is 0 Å². The first kappa shape index (κ1) is 26.8. The van der Waals surface area contributed by atoms with Crippen LogP contribution in [0.2, 0.25) is 0 Å². The van der Waals surface area contributed by atoms with Gasteiger partial charge in [0.15, 0.2) is 5.82 Å². The summed E-state index contributed by atoms with van der Waals surface area (Å²) in [5.41, 5.74) is 2.18. The topological polar surface area (TPSA) is 269 Å². The van der Waals surface area contributed by atoms with Gasteiger partial charge >= 0.3 is 23.5 Å². The van der Waals surface area contributed by atoms with E-state index in [4.69, 9.17) is 20.3 Å². The van der Waals surface area contributed by atoms with Gasteiger partial charge in [0.05, 0.1) is 18.4 Å². The van der Waals surface area contributed by atoms with Crippen molar-refractivity contribution in [1.29, 1.82) is 5.26 Å². The molecule has 0 spiro atoms. The molecule has 1 saturated heterocycles. The minimum absolute atomic E-state index is 0.0665. The fraction of sp³-hybridized carbons (Fsp3) is 0.500. The summed E-state index contributed by atoms with van der Waals surface area (Å²) in [6.45, 7) is 1.88. The van der Waals surface area contributed by atoms with Gasteiger partial charge in [-0.05, 0) is 19.1 Å². The number of nitriles is 1. The molecule has 0 aromatic carbocycles. The quantitative estimate of drug-likeness (QED) is 0.242. The Bertz CT molecular complexity index is 1290. The van der Waals surface area contributed by atoms with Gasteiger partial charge in [-0.1, -0.05) is 6.92 Å². The zero-order valence-electron chi connectivity index (χ0n) is 17.4. The van der Waals surface area contributed by atoms with Crippen molar-refractivity contribution in [2.24, 2.45) is 5.92 Å². The van der Waals surface area contributed by atoms with Crippen molar-refractivity contribution in [1.82, 2.24) is 14.6 Å². The Kier molecular flexibility index (Phi) is 6.88. The van der Waals surface area contributed by atoms with Crippen LogP contribution in [0.25, 0.3) is 5.52 Å². The molecule has 7 N–H and O–H groups in total. The lowest BCUT2D eigenvalue weighted by Gasteiger charge is -2.33. The van der Waals surface area contributed by atoms with Crippen molar-refractivity contribution >= 4 is 34.8 Å². The Labute approximate surface area is 191 Å². The van der Waals surface area contributed by atoms with Crippen molar-refractivity contribution in [3.8, 4) is 6.07 Å². The lowest BCUT2D eigenvalue weighted by atomic mass is 9.76. The van der Waals surface area contributed by atoms with Crippen molar-refractivity contribution in [3.63, 3.8) is 0 Å². The van der Waals surface area contributed by atoms with Crippen LogP contribution >= 0.6 is 23.5 Å². The second-order valence-electron chi connectivity index (χ2n) is 7.43. The van der Waals surface area contributed by atoms with Crippen molar-refractivity contribution in [3.05, 3.63) is 24.2 Å². The molecule has 6 atom stereocenters. The summed E-state index contributed by atoms with van der Waals surface area (Å²) in [5, 5.41) is 25.3. The van der Waals surface area contributed by atoms with E-state index in [1.807, 2.05) is 6.07 Å². The van der Waals surface area contributed by atoms with Crippen LogP contribution < -0.4 is 5.73 Å². The second kappa shape index (κ2) is 8.72. The molecule has 0 aliphatic carbocycles. The molecule has 20 heteroatoms. The summed E-state index contributed by atoms with van der Waals surface area (Å²) in [4.78, 5) is 39.9. The number of nitrogens with zero attached hydrogens (tertiary/aromatic N) is 4. The molecule has 34 heavy (non-hydrogen) atoms. The van der Waals surface area contributed by atoms with Gasteiger partial charge in [0.2, 0.25) is 5.60 Å². The number of nitrogen functional groups attached to an aromatic ring is 1. The normalized spacial score (nSPS) is 31.1. The molecule has 1 aliphatic heterocycles. The lowest BCUT2D eigenvalue weighted by Crippen LogP contribution is -2.49.